The molecule has 0 saturated carbocycles. The van der Waals surface area contributed by atoms with Crippen LogP contribution in [0.4, 0.5) is 0 Å². The summed E-state index contributed by atoms with van der Waals surface area (Å²) in [7, 11) is 0. The zero-order valence-corrected chi connectivity index (χ0v) is 22.3. The molecule has 2 nitrogen and oxygen atoms in total. The number of aliphatic hydroxyl groups excluding tert-OH is 2. The molecule has 0 atom stereocenters. The summed E-state index contributed by atoms with van der Waals surface area (Å²) in [5.74, 6) is 0. The second kappa shape index (κ2) is 9.96. The molecule has 3 aromatic rings. The lowest BCUT2D eigenvalue weighted by Gasteiger charge is -2.11. The quantitative estimate of drug-likeness (QED) is 0.389. The fraction of sp³-hybridized carbons (Fsp3) is 0.167. The highest BCUT2D eigenvalue weighted by Gasteiger charge is 2.25. The summed E-state index contributed by atoms with van der Waals surface area (Å²) in [6, 6.07) is 17.3. The summed E-state index contributed by atoms with van der Waals surface area (Å²) < 4.78 is 5.20. The van der Waals surface area contributed by atoms with Crippen LogP contribution in [0.3, 0.4) is 0 Å². The molecule has 2 N–H and O–H groups in total. The number of aliphatic hydroxyl groups is 2. The number of hydrogen-bond acceptors (Lipinski definition) is 8. The summed E-state index contributed by atoms with van der Waals surface area (Å²) in [6.45, 7) is -0.0897. The monoisotopic (exact) mass is 532 g/mol. The van der Waals surface area contributed by atoms with Crippen LogP contribution in [-0.4, -0.2) is 35.9 Å². The van der Waals surface area contributed by atoms with Crippen LogP contribution in [0.2, 0.25) is 0 Å². The zero-order chi connectivity index (χ0) is 22.2. The van der Waals surface area contributed by atoms with Crippen LogP contribution >= 0.6 is 70.6 Å². The molecule has 32 heavy (non-hydrogen) atoms. The zero-order valence-electron chi connectivity index (χ0n) is 17.4. The van der Waals surface area contributed by atoms with Gasteiger partial charge in [0.15, 0.2) is 0 Å². The maximum absolute atomic E-state index is 9.81. The molecule has 0 aromatic heterocycles. The molecule has 0 fully saturated rings. The first-order valence-corrected chi connectivity index (χ1v) is 15.6. The van der Waals surface area contributed by atoms with Gasteiger partial charge in [0.05, 0.1) is 30.2 Å². The molecule has 0 unspecified atom stereocenters. The van der Waals surface area contributed by atoms with Crippen LogP contribution in [0.25, 0.3) is 30.0 Å². The van der Waals surface area contributed by atoms with Gasteiger partial charge in [-0.25, -0.2) is 0 Å². The Morgan fingerprint density at radius 2 is 0.938 bits per heavy atom. The molecule has 2 aliphatic rings. The van der Waals surface area contributed by atoms with E-state index < -0.39 is 0 Å². The molecule has 2 aliphatic heterocycles. The molecule has 0 spiro atoms. The minimum absolute atomic E-state index is 0.0448. The molecule has 164 valence electrons. The molecule has 0 aliphatic carbocycles. The number of rotatable bonds is 4. The SMILES string of the molecule is CSC1=C(SC)SC(=c2c3ccccc3c(=C3SC(CO)=C(CO)S3)c3ccccc23)S1. The van der Waals surface area contributed by atoms with Crippen LogP contribution in [0.1, 0.15) is 0 Å². The van der Waals surface area contributed by atoms with E-state index in [1.807, 2.05) is 47.0 Å². The van der Waals surface area contributed by atoms with Gasteiger partial charge in [0.25, 0.3) is 0 Å². The number of fused-ring (bicyclic) bond motifs is 2. The Labute approximate surface area is 212 Å². The van der Waals surface area contributed by atoms with Crippen molar-refractivity contribution in [3.8, 4) is 0 Å². The Kier molecular flexibility index (Phi) is 7.21. The molecule has 0 amide bonds. The van der Waals surface area contributed by atoms with Crippen molar-refractivity contribution in [3.63, 3.8) is 0 Å². The van der Waals surface area contributed by atoms with Crippen LogP contribution in [0.15, 0.2) is 66.8 Å². The molecular formula is C24H20O2S6. The lowest BCUT2D eigenvalue weighted by atomic mass is 9.99. The van der Waals surface area contributed by atoms with E-state index in [-0.39, 0.29) is 13.2 Å². The van der Waals surface area contributed by atoms with Crippen LogP contribution < -0.4 is 10.4 Å². The molecule has 3 aromatic carbocycles. The lowest BCUT2D eigenvalue weighted by Crippen LogP contribution is -2.16. The lowest BCUT2D eigenvalue weighted by molar-refractivity contribution is 0.324. The van der Waals surface area contributed by atoms with Crippen molar-refractivity contribution in [2.24, 2.45) is 0 Å². The van der Waals surface area contributed by atoms with E-state index in [4.69, 9.17) is 0 Å². The van der Waals surface area contributed by atoms with Gasteiger partial charge in [-0.2, -0.15) is 0 Å². The number of hydrogen-bond donors (Lipinski definition) is 2. The molecule has 8 heteroatoms. The molecule has 0 bridgehead atoms. The Morgan fingerprint density at radius 1 is 0.594 bits per heavy atom. The van der Waals surface area contributed by atoms with Gasteiger partial charge in [-0.1, -0.05) is 95.6 Å². The van der Waals surface area contributed by atoms with Gasteiger partial charge in [-0.3, -0.25) is 0 Å². The van der Waals surface area contributed by atoms with E-state index in [1.54, 1.807) is 23.5 Å². The smallest absolute Gasteiger partial charge is 0.0753 e. The largest absolute Gasteiger partial charge is 0.391 e. The third kappa shape index (κ3) is 3.96. The first kappa shape index (κ1) is 23.2. The average molecular weight is 533 g/mol. The van der Waals surface area contributed by atoms with Gasteiger partial charge in [-0.05, 0) is 34.1 Å². The predicted octanol–water partition coefficient (Wildman–Crippen LogP) is 6.13. The Morgan fingerprint density at radius 3 is 1.25 bits per heavy atom. The summed E-state index contributed by atoms with van der Waals surface area (Å²) in [5, 5.41) is 27.0. The van der Waals surface area contributed by atoms with E-state index in [2.05, 4.69) is 61.0 Å². The fourth-order valence-corrected chi connectivity index (χ4v) is 11.6. The molecule has 2 heterocycles. The second-order valence-electron chi connectivity index (χ2n) is 6.97. The van der Waals surface area contributed by atoms with Crippen molar-refractivity contribution in [2.45, 2.75) is 0 Å². The van der Waals surface area contributed by atoms with Gasteiger partial charge in [0, 0.05) is 20.2 Å². The van der Waals surface area contributed by atoms with Gasteiger partial charge in [-0.15, -0.1) is 23.5 Å². The van der Waals surface area contributed by atoms with Crippen LogP contribution in [0, 0.1) is 0 Å². The summed E-state index contributed by atoms with van der Waals surface area (Å²) in [5.41, 5.74) is 0. The normalized spacial score (nSPS) is 17.0. The van der Waals surface area contributed by atoms with E-state index in [0.29, 0.717) is 0 Å². The molecule has 5 rings (SSSR count). The topological polar surface area (TPSA) is 40.5 Å². The van der Waals surface area contributed by atoms with E-state index in [9.17, 15) is 10.2 Å². The average Bonchev–Trinajstić information content (AvgIpc) is 3.45. The third-order valence-corrected chi connectivity index (χ3v) is 13.2. The Bertz CT molecular complexity index is 1220. The fourth-order valence-electron chi connectivity index (χ4n) is 3.89. The van der Waals surface area contributed by atoms with Crippen molar-refractivity contribution in [3.05, 3.63) is 77.3 Å². The maximum Gasteiger partial charge on any atom is 0.0753 e. The number of thioether (sulfide) groups is 6. The van der Waals surface area contributed by atoms with E-state index >= 15 is 0 Å². The molecule has 0 radical (unpaired) electrons. The summed E-state index contributed by atoms with van der Waals surface area (Å²) in [6.07, 6.45) is 4.30. The van der Waals surface area contributed by atoms with E-state index in [0.717, 1.165) is 14.0 Å². The van der Waals surface area contributed by atoms with Crippen molar-refractivity contribution < 1.29 is 10.2 Å². The summed E-state index contributed by atoms with van der Waals surface area (Å²) >= 11 is 10.6. The van der Waals surface area contributed by atoms with Crippen LogP contribution in [0.5, 0.6) is 0 Å². The minimum atomic E-state index is -0.0448. The first-order valence-electron chi connectivity index (χ1n) is 9.85. The minimum Gasteiger partial charge on any atom is -0.391 e. The number of benzene rings is 3. The molecular weight excluding hydrogens is 513 g/mol. The standard InChI is InChI=1S/C24H20O2S6/c1-27-23-24(28-2)32-22(31-23)20-15-9-5-3-7-13(15)19(14-8-4-6-10-16(14)20)21-29-17(11-25)18(12-26)30-21/h3-10,25-26H,11-12H2,1-2H3. The summed E-state index contributed by atoms with van der Waals surface area (Å²) in [4.78, 5) is 1.69. The Hall–Kier alpha value is -0.580. The highest BCUT2D eigenvalue weighted by molar-refractivity contribution is 8.45. The highest BCUT2D eigenvalue weighted by atomic mass is 32.3. The van der Waals surface area contributed by atoms with E-state index in [1.165, 1.54) is 44.7 Å². The van der Waals surface area contributed by atoms with Crippen molar-refractivity contribution >= 4 is 101 Å². The van der Waals surface area contributed by atoms with Gasteiger partial charge in [0.1, 0.15) is 0 Å². The predicted molar refractivity (Wildman–Crippen MR) is 153 cm³/mol. The maximum atomic E-state index is 9.81. The third-order valence-electron chi connectivity index (χ3n) is 5.28. The van der Waals surface area contributed by atoms with Gasteiger partial charge in [0.2, 0.25) is 0 Å². The van der Waals surface area contributed by atoms with Crippen molar-refractivity contribution in [1.82, 2.24) is 0 Å². The molecule has 0 saturated heterocycles. The van der Waals surface area contributed by atoms with Gasteiger partial charge >= 0.3 is 0 Å². The first-order chi connectivity index (χ1) is 15.7. The van der Waals surface area contributed by atoms with Gasteiger partial charge < -0.3 is 10.2 Å². The van der Waals surface area contributed by atoms with Crippen molar-refractivity contribution in [1.29, 1.82) is 0 Å². The Balaban J connectivity index is 1.90. The van der Waals surface area contributed by atoms with Crippen molar-refractivity contribution in [2.75, 3.05) is 25.7 Å². The van der Waals surface area contributed by atoms with Crippen LogP contribution in [-0.2, 0) is 0 Å². The second-order valence-corrected chi connectivity index (χ2v) is 13.9. The highest BCUT2D eigenvalue weighted by Crippen LogP contribution is 2.57.